The second kappa shape index (κ2) is 12.1. The van der Waals surface area contributed by atoms with Gasteiger partial charge in [-0.2, -0.15) is 5.10 Å². The van der Waals surface area contributed by atoms with E-state index in [0.29, 0.717) is 38.8 Å². The number of benzene rings is 1. The highest BCUT2D eigenvalue weighted by Gasteiger charge is 2.11. The lowest BCUT2D eigenvalue weighted by atomic mass is 10.2. The van der Waals surface area contributed by atoms with Crippen molar-refractivity contribution in [2.24, 2.45) is 10.9 Å². The van der Waals surface area contributed by atoms with Gasteiger partial charge in [0.1, 0.15) is 0 Å². The molecule has 0 saturated carbocycles. The Morgan fingerprint density at radius 1 is 1.27 bits per heavy atom. The number of fused-ring (bicyclic) bond motifs is 1. The fourth-order valence-electron chi connectivity index (χ4n) is 2.92. The molecule has 0 saturated heterocycles. The van der Waals surface area contributed by atoms with Gasteiger partial charge in [0, 0.05) is 56.9 Å². The van der Waals surface area contributed by atoms with Crippen molar-refractivity contribution in [3.05, 3.63) is 36.7 Å². The molecule has 0 radical (unpaired) electrons. The average Bonchev–Trinajstić information content (AvgIpc) is 3.14. The van der Waals surface area contributed by atoms with Crippen LogP contribution in [0.1, 0.15) is 26.7 Å². The number of aromatic nitrogens is 2. The molecular weight excluding hydrogens is 382 g/mol. The Morgan fingerprint density at radius 2 is 2.13 bits per heavy atom. The summed E-state index contributed by atoms with van der Waals surface area (Å²) in [5.74, 6) is 2.82. The van der Waals surface area contributed by atoms with Crippen molar-refractivity contribution in [3.8, 4) is 11.5 Å². The van der Waals surface area contributed by atoms with E-state index in [9.17, 15) is 0 Å². The molecule has 2 heterocycles. The Kier molecular flexibility index (Phi) is 8.83. The Labute approximate surface area is 178 Å². The SMILES string of the molecule is CC(C)COCCCN=C(NCCn1cccn1)Nc1ccc2c(c1)OCCCO2. The van der Waals surface area contributed by atoms with Crippen LogP contribution in [0.15, 0.2) is 41.7 Å². The highest BCUT2D eigenvalue weighted by atomic mass is 16.5. The standard InChI is InChI=1S/C22H33N5O3/c1-18(2)17-28-13-4-8-23-22(24-10-12-27-11-3-9-25-27)26-19-6-7-20-21(16-19)30-15-5-14-29-20/h3,6-7,9,11,16,18H,4-5,8,10,12-15,17H2,1-2H3,(H2,23,24,26). The third kappa shape index (κ3) is 7.59. The van der Waals surface area contributed by atoms with Crippen LogP contribution >= 0.6 is 0 Å². The van der Waals surface area contributed by atoms with Crippen molar-refractivity contribution in [3.63, 3.8) is 0 Å². The molecular formula is C22H33N5O3. The number of nitrogens with one attached hydrogen (secondary N) is 2. The van der Waals surface area contributed by atoms with Crippen LogP contribution in [-0.2, 0) is 11.3 Å². The summed E-state index contributed by atoms with van der Waals surface area (Å²) in [4.78, 5) is 4.70. The van der Waals surface area contributed by atoms with Gasteiger partial charge in [-0.15, -0.1) is 0 Å². The number of aliphatic imine (C=N–C) groups is 1. The molecule has 3 rings (SSSR count). The molecule has 2 N–H and O–H groups in total. The maximum Gasteiger partial charge on any atom is 0.195 e. The molecule has 1 aliphatic rings. The fourth-order valence-corrected chi connectivity index (χ4v) is 2.92. The largest absolute Gasteiger partial charge is 0.490 e. The summed E-state index contributed by atoms with van der Waals surface area (Å²) >= 11 is 0. The van der Waals surface area contributed by atoms with Crippen LogP contribution in [0.25, 0.3) is 0 Å². The van der Waals surface area contributed by atoms with Crippen molar-refractivity contribution in [2.45, 2.75) is 33.2 Å². The normalized spacial score (nSPS) is 13.9. The van der Waals surface area contributed by atoms with Crippen molar-refractivity contribution < 1.29 is 14.2 Å². The zero-order valence-corrected chi connectivity index (χ0v) is 18.0. The van der Waals surface area contributed by atoms with Gasteiger partial charge < -0.3 is 24.8 Å². The highest BCUT2D eigenvalue weighted by molar-refractivity contribution is 5.93. The van der Waals surface area contributed by atoms with Gasteiger partial charge in [0.15, 0.2) is 17.5 Å². The Bertz CT molecular complexity index is 777. The molecule has 0 unspecified atom stereocenters. The molecule has 1 aromatic carbocycles. The van der Waals surface area contributed by atoms with Crippen LogP contribution in [-0.4, -0.2) is 55.3 Å². The van der Waals surface area contributed by atoms with E-state index in [4.69, 9.17) is 19.2 Å². The molecule has 30 heavy (non-hydrogen) atoms. The van der Waals surface area contributed by atoms with E-state index in [-0.39, 0.29) is 0 Å². The minimum absolute atomic E-state index is 0.550. The molecule has 1 aromatic heterocycles. The monoisotopic (exact) mass is 415 g/mol. The lowest BCUT2D eigenvalue weighted by Gasteiger charge is -2.15. The minimum atomic E-state index is 0.550. The van der Waals surface area contributed by atoms with Crippen LogP contribution in [0.2, 0.25) is 0 Å². The van der Waals surface area contributed by atoms with Gasteiger partial charge in [-0.25, -0.2) is 0 Å². The molecule has 0 bridgehead atoms. The number of hydrogen-bond donors (Lipinski definition) is 2. The number of guanidine groups is 1. The summed E-state index contributed by atoms with van der Waals surface area (Å²) in [5, 5.41) is 11.0. The number of ether oxygens (including phenoxy) is 3. The van der Waals surface area contributed by atoms with Gasteiger partial charge in [0.05, 0.1) is 19.8 Å². The van der Waals surface area contributed by atoms with E-state index < -0.39 is 0 Å². The fraction of sp³-hybridized carbons (Fsp3) is 0.545. The van der Waals surface area contributed by atoms with Crippen LogP contribution in [0.4, 0.5) is 5.69 Å². The van der Waals surface area contributed by atoms with Crippen molar-refractivity contribution in [1.29, 1.82) is 0 Å². The molecule has 0 aliphatic carbocycles. The second-order valence-corrected chi connectivity index (χ2v) is 7.59. The van der Waals surface area contributed by atoms with Gasteiger partial charge in [0.25, 0.3) is 0 Å². The number of nitrogens with zero attached hydrogens (tertiary/aromatic N) is 3. The number of rotatable bonds is 10. The maximum absolute atomic E-state index is 5.79. The van der Waals surface area contributed by atoms with Gasteiger partial charge >= 0.3 is 0 Å². The molecule has 0 fully saturated rings. The zero-order chi connectivity index (χ0) is 21.0. The summed E-state index contributed by atoms with van der Waals surface area (Å²) in [7, 11) is 0. The molecule has 8 nitrogen and oxygen atoms in total. The smallest absolute Gasteiger partial charge is 0.195 e. The van der Waals surface area contributed by atoms with Crippen molar-refractivity contribution in [1.82, 2.24) is 15.1 Å². The molecule has 8 heteroatoms. The Morgan fingerprint density at radius 3 is 2.93 bits per heavy atom. The first-order chi connectivity index (χ1) is 14.7. The average molecular weight is 416 g/mol. The first kappa shape index (κ1) is 22.0. The first-order valence-corrected chi connectivity index (χ1v) is 10.7. The van der Waals surface area contributed by atoms with Crippen LogP contribution < -0.4 is 20.1 Å². The summed E-state index contributed by atoms with van der Waals surface area (Å²) in [5.41, 5.74) is 0.903. The van der Waals surface area contributed by atoms with E-state index in [1.54, 1.807) is 6.20 Å². The second-order valence-electron chi connectivity index (χ2n) is 7.59. The lowest BCUT2D eigenvalue weighted by molar-refractivity contribution is 0.109. The highest BCUT2D eigenvalue weighted by Crippen LogP contribution is 2.32. The third-order valence-corrected chi connectivity index (χ3v) is 4.37. The van der Waals surface area contributed by atoms with Crippen molar-refractivity contribution >= 4 is 11.6 Å². The lowest BCUT2D eigenvalue weighted by Crippen LogP contribution is -2.33. The first-order valence-electron chi connectivity index (χ1n) is 10.7. The van der Waals surface area contributed by atoms with Gasteiger partial charge in [-0.05, 0) is 30.5 Å². The van der Waals surface area contributed by atoms with E-state index in [2.05, 4.69) is 29.6 Å². The molecule has 2 aromatic rings. The minimum Gasteiger partial charge on any atom is -0.490 e. The topological polar surface area (TPSA) is 81.9 Å². The van der Waals surface area contributed by atoms with E-state index in [1.165, 1.54) is 0 Å². The summed E-state index contributed by atoms with van der Waals surface area (Å²) < 4.78 is 19.0. The molecule has 0 spiro atoms. The van der Waals surface area contributed by atoms with Gasteiger partial charge in [0.2, 0.25) is 0 Å². The van der Waals surface area contributed by atoms with Crippen LogP contribution in [0, 0.1) is 5.92 Å². The number of anilines is 1. The Hall–Kier alpha value is -2.74. The molecule has 0 amide bonds. The van der Waals surface area contributed by atoms with Crippen LogP contribution in [0.3, 0.4) is 0 Å². The third-order valence-electron chi connectivity index (χ3n) is 4.37. The predicted octanol–water partition coefficient (Wildman–Crippen LogP) is 3.16. The molecule has 1 aliphatic heterocycles. The van der Waals surface area contributed by atoms with Gasteiger partial charge in [-0.1, -0.05) is 13.8 Å². The van der Waals surface area contributed by atoms with Gasteiger partial charge in [-0.3, -0.25) is 9.67 Å². The zero-order valence-electron chi connectivity index (χ0n) is 18.0. The van der Waals surface area contributed by atoms with E-state index in [0.717, 1.165) is 49.1 Å². The predicted molar refractivity (Wildman–Crippen MR) is 118 cm³/mol. The molecule has 164 valence electrons. The molecule has 0 atom stereocenters. The van der Waals surface area contributed by atoms with E-state index >= 15 is 0 Å². The van der Waals surface area contributed by atoms with Crippen molar-refractivity contribution in [2.75, 3.05) is 44.8 Å². The summed E-state index contributed by atoms with van der Waals surface area (Å²) in [6.07, 6.45) is 5.49. The maximum atomic E-state index is 5.79. The van der Waals surface area contributed by atoms with Crippen LogP contribution in [0.5, 0.6) is 11.5 Å². The van der Waals surface area contributed by atoms with E-state index in [1.807, 2.05) is 35.1 Å². The summed E-state index contributed by atoms with van der Waals surface area (Å²) in [6, 6.07) is 7.79. The summed E-state index contributed by atoms with van der Waals surface area (Å²) in [6.45, 7) is 9.29. The Balaban J connectivity index is 1.56. The number of hydrogen-bond acceptors (Lipinski definition) is 5. The quantitative estimate of drug-likeness (QED) is 0.352.